The van der Waals surface area contributed by atoms with E-state index in [1.54, 1.807) is 12.1 Å². The summed E-state index contributed by atoms with van der Waals surface area (Å²) >= 11 is 1.82. The first-order chi connectivity index (χ1) is 9.46. The molecule has 1 rings (SSSR count). The largest absolute Gasteiger partial charge is 0.357 e. The van der Waals surface area contributed by atoms with E-state index in [4.69, 9.17) is 0 Å². The number of thioether (sulfide) groups is 1. The lowest BCUT2D eigenvalue weighted by molar-refractivity contribution is 0.627. The number of hydrogen-bond acceptors (Lipinski definition) is 2. The summed E-state index contributed by atoms with van der Waals surface area (Å²) in [6.45, 7) is 8.60. The molecule has 0 heterocycles. The summed E-state index contributed by atoms with van der Waals surface area (Å²) in [6, 6.07) is 6.44. The number of aliphatic imine (C=N–C) groups is 1. The number of guanidine groups is 1. The van der Waals surface area contributed by atoms with Crippen molar-refractivity contribution in [2.24, 2.45) is 4.99 Å². The third kappa shape index (κ3) is 6.28. The van der Waals surface area contributed by atoms with Gasteiger partial charge in [-0.3, -0.25) is 0 Å². The fourth-order valence-corrected chi connectivity index (χ4v) is 1.69. The first kappa shape index (κ1) is 16.8. The number of hydrogen-bond donors (Lipinski definition) is 2. The van der Waals surface area contributed by atoms with Crippen LogP contribution < -0.4 is 10.6 Å². The van der Waals surface area contributed by atoms with Crippen molar-refractivity contribution in [2.45, 2.75) is 32.1 Å². The van der Waals surface area contributed by atoms with Gasteiger partial charge in [0.1, 0.15) is 5.82 Å². The van der Waals surface area contributed by atoms with E-state index < -0.39 is 0 Å². The van der Waals surface area contributed by atoms with Crippen LogP contribution in [0.5, 0.6) is 0 Å². The number of nitrogens with zero attached hydrogens (tertiary/aromatic N) is 1. The second-order valence-corrected chi connectivity index (χ2v) is 6.65. The highest BCUT2D eigenvalue weighted by Gasteiger charge is 2.15. The summed E-state index contributed by atoms with van der Waals surface area (Å²) in [5.74, 6) is 0.573. The molecule has 0 amide bonds. The maximum atomic E-state index is 12.8. The van der Waals surface area contributed by atoms with Crippen LogP contribution in [0.1, 0.15) is 26.3 Å². The zero-order valence-electron chi connectivity index (χ0n) is 12.7. The van der Waals surface area contributed by atoms with Gasteiger partial charge in [0.05, 0.1) is 6.54 Å². The molecule has 1 aromatic carbocycles. The van der Waals surface area contributed by atoms with Gasteiger partial charge in [0, 0.05) is 17.8 Å². The Kier molecular flexibility index (Phi) is 6.85. The summed E-state index contributed by atoms with van der Waals surface area (Å²) in [7, 11) is 0. The quantitative estimate of drug-likeness (QED) is 0.626. The van der Waals surface area contributed by atoms with Crippen molar-refractivity contribution in [3.63, 3.8) is 0 Å². The van der Waals surface area contributed by atoms with Gasteiger partial charge in [0.25, 0.3) is 0 Å². The zero-order chi connectivity index (χ0) is 15.0. The van der Waals surface area contributed by atoms with Gasteiger partial charge in [-0.1, -0.05) is 12.1 Å². The van der Waals surface area contributed by atoms with E-state index in [9.17, 15) is 4.39 Å². The topological polar surface area (TPSA) is 36.4 Å². The van der Waals surface area contributed by atoms with Crippen LogP contribution in [-0.4, -0.2) is 30.1 Å². The summed E-state index contributed by atoms with van der Waals surface area (Å²) in [5, 5.41) is 6.55. The normalized spacial score (nSPS) is 12.3. The lowest BCUT2D eigenvalue weighted by Gasteiger charge is -2.23. The van der Waals surface area contributed by atoms with E-state index in [0.717, 1.165) is 24.6 Å². The van der Waals surface area contributed by atoms with E-state index in [1.807, 2.05) is 18.7 Å². The van der Waals surface area contributed by atoms with Gasteiger partial charge in [-0.2, -0.15) is 11.8 Å². The van der Waals surface area contributed by atoms with Crippen molar-refractivity contribution in [3.8, 4) is 0 Å². The molecule has 3 nitrogen and oxygen atoms in total. The average Bonchev–Trinajstić information content (AvgIpc) is 2.44. The Morgan fingerprint density at radius 1 is 1.25 bits per heavy atom. The van der Waals surface area contributed by atoms with Crippen molar-refractivity contribution >= 4 is 17.7 Å². The minimum atomic E-state index is -0.218. The fraction of sp³-hybridized carbons (Fsp3) is 0.533. The molecular weight excluding hydrogens is 273 g/mol. The number of benzene rings is 1. The lowest BCUT2D eigenvalue weighted by atomic mass is 10.2. The number of halogens is 1. The predicted octanol–water partition coefficient (Wildman–Crippen LogP) is 3.02. The Balaban J connectivity index is 2.60. The monoisotopic (exact) mass is 297 g/mol. The van der Waals surface area contributed by atoms with Gasteiger partial charge in [-0.25, -0.2) is 9.38 Å². The fourth-order valence-electron chi connectivity index (χ4n) is 1.47. The highest BCUT2D eigenvalue weighted by Crippen LogP contribution is 2.19. The van der Waals surface area contributed by atoms with Crippen LogP contribution in [0.2, 0.25) is 0 Å². The minimum Gasteiger partial charge on any atom is -0.357 e. The predicted molar refractivity (Wildman–Crippen MR) is 86.8 cm³/mol. The van der Waals surface area contributed by atoms with Gasteiger partial charge < -0.3 is 10.6 Å². The van der Waals surface area contributed by atoms with Gasteiger partial charge in [-0.15, -0.1) is 0 Å². The lowest BCUT2D eigenvalue weighted by Crippen LogP contribution is -2.43. The molecule has 0 bridgehead atoms. The summed E-state index contributed by atoms with van der Waals surface area (Å²) in [5.41, 5.74) is 0.993. The Morgan fingerprint density at radius 3 is 2.45 bits per heavy atom. The van der Waals surface area contributed by atoms with Gasteiger partial charge in [0.15, 0.2) is 5.96 Å². The molecule has 0 aliphatic heterocycles. The number of nitrogens with one attached hydrogen (secondary N) is 2. The van der Waals surface area contributed by atoms with Gasteiger partial charge in [-0.05, 0) is 44.7 Å². The molecule has 1 aromatic rings. The van der Waals surface area contributed by atoms with E-state index in [-0.39, 0.29) is 10.6 Å². The third-order valence-electron chi connectivity index (χ3n) is 2.91. The van der Waals surface area contributed by atoms with E-state index in [1.165, 1.54) is 12.1 Å². The SMILES string of the molecule is CCNC(=NCc1ccc(F)cc1)NCC(C)(C)SC. The summed E-state index contributed by atoms with van der Waals surface area (Å²) < 4.78 is 13.0. The van der Waals surface area contributed by atoms with E-state index in [2.05, 4.69) is 35.7 Å². The Bertz CT molecular complexity index is 429. The Morgan fingerprint density at radius 2 is 1.90 bits per heavy atom. The van der Waals surface area contributed by atoms with Gasteiger partial charge >= 0.3 is 0 Å². The van der Waals surface area contributed by atoms with Crippen LogP contribution in [0.3, 0.4) is 0 Å². The standard InChI is InChI=1S/C15H24FN3S/c1-5-17-14(19-11-15(2,3)20-4)18-10-12-6-8-13(16)9-7-12/h6-9H,5,10-11H2,1-4H3,(H2,17,18,19). The maximum Gasteiger partial charge on any atom is 0.191 e. The summed E-state index contributed by atoms with van der Waals surface area (Å²) in [4.78, 5) is 4.51. The molecule has 0 radical (unpaired) electrons. The van der Waals surface area contributed by atoms with Crippen molar-refractivity contribution in [2.75, 3.05) is 19.3 Å². The van der Waals surface area contributed by atoms with Crippen molar-refractivity contribution in [1.29, 1.82) is 0 Å². The average molecular weight is 297 g/mol. The second-order valence-electron chi connectivity index (χ2n) is 5.14. The van der Waals surface area contributed by atoms with Crippen LogP contribution in [0.4, 0.5) is 4.39 Å². The minimum absolute atomic E-state index is 0.159. The molecule has 0 saturated carbocycles. The van der Waals surface area contributed by atoms with Crippen molar-refractivity contribution < 1.29 is 4.39 Å². The highest BCUT2D eigenvalue weighted by molar-refractivity contribution is 7.99. The smallest absolute Gasteiger partial charge is 0.191 e. The van der Waals surface area contributed by atoms with Crippen LogP contribution >= 0.6 is 11.8 Å². The molecular formula is C15H24FN3S. The Labute approximate surface area is 125 Å². The molecule has 0 atom stereocenters. The first-order valence-electron chi connectivity index (χ1n) is 6.78. The molecule has 5 heteroatoms. The molecule has 0 aromatic heterocycles. The molecule has 0 spiro atoms. The molecule has 112 valence electrons. The third-order valence-corrected chi connectivity index (χ3v) is 4.16. The second kappa shape index (κ2) is 8.15. The summed E-state index contributed by atoms with van der Waals surface area (Å²) in [6.07, 6.45) is 2.10. The number of rotatable bonds is 6. The van der Waals surface area contributed by atoms with Crippen LogP contribution in [-0.2, 0) is 6.54 Å². The first-order valence-corrected chi connectivity index (χ1v) is 8.01. The molecule has 0 unspecified atom stereocenters. The van der Waals surface area contributed by atoms with E-state index >= 15 is 0 Å². The molecule has 0 aliphatic carbocycles. The van der Waals surface area contributed by atoms with Crippen LogP contribution in [0.25, 0.3) is 0 Å². The molecule has 0 fully saturated rings. The molecule has 0 aliphatic rings. The zero-order valence-corrected chi connectivity index (χ0v) is 13.5. The van der Waals surface area contributed by atoms with Crippen molar-refractivity contribution in [3.05, 3.63) is 35.6 Å². The highest BCUT2D eigenvalue weighted by atomic mass is 32.2. The van der Waals surface area contributed by atoms with Crippen LogP contribution in [0.15, 0.2) is 29.3 Å². The maximum absolute atomic E-state index is 12.8. The van der Waals surface area contributed by atoms with E-state index in [0.29, 0.717) is 6.54 Å². The van der Waals surface area contributed by atoms with Gasteiger partial charge in [0.2, 0.25) is 0 Å². The molecule has 2 N–H and O–H groups in total. The Hall–Kier alpha value is -1.23. The van der Waals surface area contributed by atoms with Crippen LogP contribution in [0, 0.1) is 5.82 Å². The molecule has 20 heavy (non-hydrogen) atoms. The molecule has 0 saturated heterocycles. The van der Waals surface area contributed by atoms with Crippen molar-refractivity contribution in [1.82, 2.24) is 10.6 Å².